The summed E-state index contributed by atoms with van der Waals surface area (Å²) in [5, 5.41) is 2.99. The van der Waals surface area contributed by atoms with E-state index in [-0.39, 0.29) is 5.69 Å². The fourth-order valence-corrected chi connectivity index (χ4v) is 1.68. The first-order valence-electron chi connectivity index (χ1n) is 5.15. The first-order valence-corrected chi connectivity index (χ1v) is 5.15. The van der Waals surface area contributed by atoms with Gasteiger partial charge in [0.15, 0.2) is 5.82 Å². The van der Waals surface area contributed by atoms with Crippen LogP contribution < -0.4 is 11.1 Å². The zero-order valence-electron chi connectivity index (χ0n) is 8.39. The van der Waals surface area contributed by atoms with E-state index in [1.54, 1.807) is 0 Å². The Hall–Kier alpha value is -1.32. The normalized spacial score (nSPS) is 16.1. The van der Waals surface area contributed by atoms with Crippen LogP contribution in [-0.4, -0.2) is 6.54 Å². The minimum atomic E-state index is -0.703. The van der Waals surface area contributed by atoms with E-state index < -0.39 is 11.6 Å². The van der Waals surface area contributed by atoms with Crippen molar-refractivity contribution in [3.8, 4) is 0 Å². The molecule has 2 rings (SSSR count). The standard InChI is InChI=1S/C11H14F2N2/c12-8-4-9(13)11(14)10(5-8)15-6-7-2-1-3-7/h4-5,7,15H,1-3,6,14H2. The predicted octanol–water partition coefficient (Wildman–Crippen LogP) is 2.76. The molecule has 0 amide bonds. The van der Waals surface area contributed by atoms with Crippen molar-refractivity contribution in [1.29, 1.82) is 0 Å². The van der Waals surface area contributed by atoms with Crippen molar-refractivity contribution in [3.63, 3.8) is 0 Å². The smallest absolute Gasteiger partial charge is 0.151 e. The maximum Gasteiger partial charge on any atom is 0.151 e. The summed E-state index contributed by atoms with van der Waals surface area (Å²) in [6.07, 6.45) is 3.62. The molecule has 0 heterocycles. The Morgan fingerprint density at radius 3 is 2.67 bits per heavy atom. The van der Waals surface area contributed by atoms with E-state index in [1.807, 2.05) is 0 Å². The summed E-state index contributed by atoms with van der Waals surface area (Å²) in [5.41, 5.74) is 5.85. The molecule has 3 N–H and O–H groups in total. The third-order valence-corrected chi connectivity index (χ3v) is 2.90. The molecule has 2 nitrogen and oxygen atoms in total. The average Bonchev–Trinajstić information content (AvgIpc) is 2.10. The van der Waals surface area contributed by atoms with Crippen LogP contribution in [0.25, 0.3) is 0 Å². The molecule has 1 fully saturated rings. The molecule has 0 atom stereocenters. The highest BCUT2D eigenvalue weighted by Crippen LogP contribution is 2.28. The molecule has 82 valence electrons. The zero-order chi connectivity index (χ0) is 10.8. The van der Waals surface area contributed by atoms with Crippen LogP contribution in [0, 0.1) is 17.6 Å². The van der Waals surface area contributed by atoms with Crippen LogP contribution in [0.5, 0.6) is 0 Å². The van der Waals surface area contributed by atoms with Crippen LogP contribution in [0.3, 0.4) is 0 Å². The van der Waals surface area contributed by atoms with Crippen LogP contribution in [0.1, 0.15) is 19.3 Å². The number of hydrogen-bond donors (Lipinski definition) is 2. The van der Waals surface area contributed by atoms with Crippen molar-refractivity contribution in [3.05, 3.63) is 23.8 Å². The Bertz CT molecular complexity index is 362. The van der Waals surface area contributed by atoms with E-state index in [1.165, 1.54) is 25.3 Å². The molecule has 1 aliphatic rings. The Morgan fingerprint density at radius 2 is 2.07 bits per heavy atom. The van der Waals surface area contributed by atoms with Crippen molar-refractivity contribution >= 4 is 11.4 Å². The number of halogens is 2. The molecular formula is C11H14F2N2. The van der Waals surface area contributed by atoms with Crippen molar-refractivity contribution in [2.45, 2.75) is 19.3 Å². The number of anilines is 2. The lowest BCUT2D eigenvalue weighted by molar-refractivity contribution is 0.333. The molecule has 4 heteroatoms. The van der Waals surface area contributed by atoms with E-state index >= 15 is 0 Å². The number of nitrogens with one attached hydrogen (secondary N) is 1. The number of nitrogens with two attached hydrogens (primary N) is 1. The molecule has 0 aliphatic heterocycles. The summed E-state index contributed by atoms with van der Waals surface area (Å²) in [4.78, 5) is 0. The maximum atomic E-state index is 13.1. The van der Waals surface area contributed by atoms with Gasteiger partial charge in [0.2, 0.25) is 0 Å². The fourth-order valence-electron chi connectivity index (χ4n) is 1.68. The van der Waals surface area contributed by atoms with Crippen LogP contribution in [0.15, 0.2) is 12.1 Å². The lowest BCUT2D eigenvalue weighted by atomic mass is 9.85. The topological polar surface area (TPSA) is 38.0 Å². The average molecular weight is 212 g/mol. The SMILES string of the molecule is Nc1c(F)cc(F)cc1NCC1CCC1. The lowest BCUT2D eigenvalue weighted by Gasteiger charge is -2.26. The van der Waals surface area contributed by atoms with Gasteiger partial charge in [-0.1, -0.05) is 6.42 Å². The van der Waals surface area contributed by atoms with Gasteiger partial charge in [0.1, 0.15) is 5.82 Å². The first kappa shape index (κ1) is 10.2. The van der Waals surface area contributed by atoms with Crippen LogP contribution >= 0.6 is 0 Å². The summed E-state index contributed by atoms with van der Waals surface area (Å²) in [7, 11) is 0. The van der Waals surface area contributed by atoms with E-state index in [0.717, 1.165) is 12.6 Å². The van der Waals surface area contributed by atoms with Gasteiger partial charge < -0.3 is 11.1 Å². The number of nitrogen functional groups attached to an aromatic ring is 1. The van der Waals surface area contributed by atoms with Crippen molar-refractivity contribution in [2.24, 2.45) is 5.92 Å². The summed E-state index contributed by atoms with van der Waals surface area (Å²) in [6.45, 7) is 0.743. The monoisotopic (exact) mass is 212 g/mol. The second kappa shape index (κ2) is 4.04. The first-order chi connectivity index (χ1) is 7.16. The van der Waals surface area contributed by atoms with Crippen molar-refractivity contribution in [1.82, 2.24) is 0 Å². The molecule has 0 saturated heterocycles. The molecule has 0 radical (unpaired) electrons. The molecule has 0 aromatic heterocycles. The van der Waals surface area contributed by atoms with Crippen molar-refractivity contribution < 1.29 is 8.78 Å². The van der Waals surface area contributed by atoms with E-state index in [0.29, 0.717) is 11.6 Å². The van der Waals surface area contributed by atoms with Gasteiger partial charge in [-0.3, -0.25) is 0 Å². The second-order valence-corrected chi connectivity index (χ2v) is 4.03. The molecule has 1 saturated carbocycles. The van der Waals surface area contributed by atoms with E-state index in [2.05, 4.69) is 5.32 Å². The Morgan fingerprint density at radius 1 is 1.33 bits per heavy atom. The summed E-state index contributed by atoms with van der Waals surface area (Å²) in [5.74, 6) is -0.681. The summed E-state index contributed by atoms with van der Waals surface area (Å²) >= 11 is 0. The quantitative estimate of drug-likeness (QED) is 0.756. The molecule has 0 spiro atoms. The predicted molar refractivity (Wildman–Crippen MR) is 56.6 cm³/mol. The van der Waals surface area contributed by atoms with Gasteiger partial charge in [0.25, 0.3) is 0 Å². The number of hydrogen-bond acceptors (Lipinski definition) is 2. The van der Waals surface area contributed by atoms with Crippen LogP contribution in [0.4, 0.5) is 20.2 Å². The third-order valence-electron chi connectivity index (χ3n) is 2.90. The zero-order valence-corrected chi connectivity index (χ0v) is 8.39. The Balaban J connectivity index is 2.05. The number of benzene rings is 1. The van der Waals surface area contributed by atoms with Crippen LogP contribution in [0.2, 0.25) is 0 Å². The minimum Gasteiger partial charge on any atom is -0.395 e. The minimum absolute atomic E-state index is 0.00396. The summed E-state index contributed by atoms with van der Waals surface area (Å²) in [6, 6.07) is 2.03. The number of rotatable bonds is 3. The maximum absolute atomic E-state index is 13.1. The Labute approximate surface area is 87.5 Å². The van der Waals surface area contributed by atoms with E-state index in [9.17, 15) is 8.78 Å². The molecular weight excluding hydrogens is 198 g/mol. The molecule has 0 bridgehead atoms. The van der Waals surface area contributed by atoms with Crippen molar-refractivity contribution in [2.75, 3.05) is 17.6 Å². The molecule has 15 heavy (non-hydrogen) atoms. The van der Waals surface area contributed by atoms with Gasteiger partial charge in [-0.05, 0) is 24.8 Å². The van der Waals surface area contributed by atoms with Gasteiger partial charge >= 0.3 is 0 Å². The second-order valence-electron chi connectivity index (χ2n) is 4.03. The van der Waals surface area contributed by atoms with Gasteiger partial charge in [-0.15, -0.1) is 0 Å². The van der Waals surface area contributed by atoms with Gasteiger partial charge in [-0.2, -0.15) is 0 Å². The third kappa shape index (κ3) is 2.19. The van der Waals surface area contributed by atoms with Crippen LogP contribution in [-0.2, 0) is 0 Å². The van der Waals surface area contributed by atoms with Gasteiger partial charge in [0, 0.05) is 12.6 Å². The lowest BCUT2D eigenvalue weighted by Crippen LogP contribution is -2.21. The fraction of sp³-hybridized carbons (Fsp3) is 0.455. The highest BCUT2D eigenvalue weighted by molar-refractivity contribution is 5.66. The molecule has 1 aromatic rings. The molecule has 1 aliphatic carbocycles. The highest BCUT2D eigenvalue weighted by atomic mass is 19.1. The largest absolute Gasteiger partial charge is 0.395 e. The van der Waals surface area contributed by atoms with Gasteiger partial charge in [0.05, 0.1) is 11.4 Å². The van der Waals surface area contributed by atoms with E-state index in [4.69, 9.17) is 5.73 Å². The van der Waals surface area contributed by atoms with Gasteiger partial charge in [-0.25, -0.2) is 8.78 Å². The summed E-state index contributed by atoms with van der Waals surface area (Å²) < 4.78 is 25.9. The Kier molecular flexibility index (Phi) is 2.75. The molecule has 1 aromatic carbocycles. The molecule has 0 unspecified atom stereocenters. The highest BCUT2D eigenvalue weighted by Gasteiger charge is 2.17.